The molecule has 3 aliphatic heterocycles. The standard InChI is InChI=1S/C15H16N6O3/c1-17-15(23)24-9-5-20(6-9)13-14-19-12(22)7-21(14)11-4-8(16)2-3-10(11)18-13/h2-4,9,16H,5-7H2,1H3,(H,17,23)(H,19,22). The first-order valence-corrected chi connectivity index (χ1v) is 7.57. The molecule has 3 N–H and O–H groups in total. The van der Waals surface area contributed by atoms with E-state index in [1.165, 1.54) is 7.05 Å². The normalized spacial score (nSPS) is 16.5. The molecule has 2 amide bonds. The van der Waals surface area contributed by atoms with Gasteiger partial charge in [-0.2, -0.15) is 0 Å². The average Bonchev–Trinajstić information content (AvgIpc) is 2.92. The third kappa shape index (κ3) is 2.25. The highest BCUT2D eigenvalue weighted by atomic mass is 16.6. The van der Waals surface area contributed by atoms with Crippen molar-refractivity contribution in [1.29, 1.82) is 5.41 Å². The fourth-order valence-corrected chi connectivity index (χ4v) is 2.96. The molecular weight excluding hydrogens is 312 g/mol. The monoisotopic (exact) mass is 328 g/mol. The minimum absolute atomic E-state index is 0.111. The summed E-state index contributed by atoms with van der Waals surface area (Å²) in [6.45, 7) is 1.24. The zero-order chi connectivity index (χ0) is 16.8. The van der Waals surface area contributed by atoms with Gasteiger partial charge in [-0.1, -0.05) is 0 Å². The van der Waals surface area contributed by atoms with Gasteiger partial charge in [-0.3, -0.25) is 4.79 Å². The van der Waals surface area contributed by atoms with Gasteiger partial charge < -0.3 is 30.2 Å². The number of hydrogen-bond donors (Lipinski definition) is 3. The van der Waals surface area contributed by atoms with E-state index in [9.17, 15) is 9.59 Å². The molecule has 0 unspecified atom stereocenters. The summed E-state index contributed by atoms with van der Waals surface area (Å²) in [5.41, 5.74) is 1.47. The van der Waals surface area contributed by atoms with Crippen LogP contribution in [-0.4, -0.2) is 47.8 Å². The summed E-state index contributed by atoms with van der Waals surface area (Å²) in [6, 6.07) is 5.14. The number of benzene rings is 1. The third-order valence-electron chi connectivity index (χ3n) is 4.16. The predicted molar refractivity (Wildman–Crippen MR) is 84.9 cm³/mol. The lowest BCUT2D eigenvalue weighted by atomic mass is 10.1. The number of fused-ring (bicyclic) bond motifs is 3. The fraction of sp³-hybridized carbons (Fsp3) is 0.333. The molecule has 1 aliphatic carbocycles. The number of carbonyl (C=O) groups excluding carboxylic acids is 2. The van der Waals surface area contributed by atoms with Crippen LogP contribution in [0.5, 0.6) is 0 Å². The van der Waals surface area contributed by atoms with Crippen LogP contribution in [0.2, 0.25) is 0 Å². The molecule has 0 atom stereocenters. The molecule has 1 fully saturated rings. The summed E-state index contributed by atoms with van der Waals surface area (Å²) < 4.78 is 7.03. The summed E-state index contributed by atoms with van der Waals surface area (Å²) in [5, 5.41) is 13.4. The van der Waals surface area contributed by atoms with Crippen LogP contribution in [0.4, 0.5) is 16.4 Å². The van der Waals surface area contributed by atoms with E-state index in [2.05, 4.69) is 15.6 Å². The molecule has 9 nitrogen and oxygen atoms in total. The van der Waals surface area contributed by atoms with Gasteiger partial charge in [0, 0.05) is 7.05 Å². The van der Waals surface area contributed by atoms with Crippen LogP contribution in [0.25, 0.3) is 11.4 Å². The van der Waals surface area contributed by atoms with Crippen LogP contribution >= 0.6 is 0 Å². The van der Waals surface area contributed by atoms with Crippen LogP contribution in [0.1, 0.15) is 0 Å². The third-order valence-corrected chi connectivity index (χ3v) is 4.16. The highest BCUT2D eigenvalue weighted by molar-refractivity contribution is 5.98. The van der Waals surface area contributed by atoms with E-state index in [1.54, 1.807) is 18.2 Å². The Hall–Kier alpha value is -3.10. The quantitative estimate of drug-likeness (QED) is 0.716. The minimum Gasteiger partial charge on any atom is -0.442 e. The fourth-order valence-electron chi connectivity index (χ4n) is 2.96. The van der Waals surface area contributed by atoms with Crippen molar-refractivity contribution < 1.29 is 14.3 Å². The first-order chi connectivity index (χ1) is 11.5. The molecule has 4 rings (SSSR count). The van der Waals surface area contributed by atoms with Gasteiger partial charge in [-0.25, -0.2) is 9.78 Å². The van der Waals surface area contributed by atoms with Crippen LogP contribution in [0, 0.1) is 5.41 Å². The highest BCUT2D eigenvalue weighted by Gasteiger charge is 2.36. The lowest BCUT2D eigenvalue weighted by molar-refractivity contribution is -0.115. The Morgan fingerprint density at radius 2 is 2.25 bits per heavy atom. The largest absolute Gasteiger partial charge is 0.442 e. The molecule has 9 heteroatoms. The van der Waals surface area contributed by atoms with Crippen molar-refractivity contribution in [2.24, 2.45) is 0 Å². The lowest BCUT2D eigenvalue weighted by Crippen LogP contribution is -2.54. The molecule has 0 saturated carbocycles. The van der Waals surface area contributed by atoms with Crippen molar-refractivity contribution in [2.75, 3.05) is 30.4 Å². The van der Waals surface area contributed by atoms with Gasteiger partial charge in [0.05, 0.1) is 29.8 Å². The van der Waals surface area contributed by atoms with Gasteiger partial charge >= 0.3 is 6.09 Å². The van der Waals surface area contributed by atoms with Gasteiger partial charge in [0.1, 0.15) is 12.6 Å². The average molecular weight is 328 g/mol. The van der Waals surface area contributed by atoms with Crippen LogP contribution in [0.15, 0.2) is 18.2 Å². The molecule has 24 heavy (non-hydrogen) atoms. The summed E-state index contributed by atoms with van der Waals surface area (Å²) in [5.74, 6) is 1.17. The molecule has 0 aromatic rings. The van der Waals surface area contributed by atoms with Gasteiger partial charge in [0.25, 0.3) is 0 Å². The van der Waals surface area contributed by atoms with E-state index in [4.69, 9.17) is 10.1 Å². The maximum Gasteiger partial charge on any atom is 0.407 e. The maximum absolute atomic E-state index is 11.9. The second-order valence-corrected chi connectivity index (χ2v) is 5.80. The molecular formula is C15H16N6O3. The number of rotatable bonds is 2. The van der Waals surface area contributed by atoms with Crippen molar-refractivity contribution in [3.05, 3.63) is 23.6 Å². The Labute approximate surface area is 137 Å². The lowest BCUT2D eigenvalue weighted by Gasteiger charge is -2.40. The maximum atomic E-state index is 11.9. The number of amides is 2. The SMILES string of the molecule is CNC(=O)OC1CN(c2nc3ccc(=N)cc-3n3c2NC(=O)C3)C1. The Bertz CT molecular complexity index is 870. The topological polar surface area (TPSA) is 112 Å². The Morgan fingerprint density at radius 3 is 3.00 bits per heavy atom. The van der Waals surface area contributed by atoms with Crippen LogP contribution in [0.3, 0.4) is 0 Å². The van der Waals surface area contributed by atoms with E-state index < -0.39 is 6.09 Å². The van der Waals surface area contributed by atoms with E-state index in [1.807, 2.05) is 9.47 Å². The second-order valence-electron chi connectivity index (χ2n) is 5.80. The van der Waals surface area contributed by atoms with Crippen molar-refractivity contribution in [1.82, 2.24) is 14.9 Å². The Morgan fingerprint density at radius 1 is 1.46 bits per heavy atom. The molecule has 3 heterocycles. The molecule has 1 saturated heterocycles. The first kappa shape index (κ1) is 14.5. The molecule has 0 aromatic heterocycles. The van der Waals surface area contributed by atoms with E-state index in [-0.39, 0.29) is 18.6 Å². The number of anilines is 2. The number of alkyl carbamates (subject to hydrolysis) is 1. The Balaban J connectivity index is 1.68. The molecule has 4 aliphatic rings. The van der Waals surface area contributed by atoms with Crippen molar-refractivity contribution in [3.63, 3.8) is 0 Å². The van der Waals surface area contributed by atoms with Crippen molar-refractivity contribution in [3.8, 4) is 11.4 Å². The van der Waals surface area contributed by atoms with E-state index in [0.717, 1.165) is 11.4 Å². The molecule has 0 spiro atoms. The van der Waals surface area contributed by atoms with Crippen LogP contribution in [-0.2, 0) is 16.1 Å². The van der Waals surface area contributed by atoms with Crippen LogP contribution < -0.4 is 20.9 Å². The number of ether oxygens (including phenoxy) is 1. The number of nitrogens with one attached hydrogen (secondary N) is 3. The molecule has 124 valence electrons. The number of hydrogen-bond acceptors (Lipinski definition) is 6. The molecule has 0 aromatic carbocycles. The van der Waals surface area contributed by atoms with Gasteiger partial charge in [-0.15, -0.1) is 0 Å². The summed E-state index contributed by atoms with van der Waals surface area (Å²) in [6.07, 6.45) is -0.655. The first-order valence-electron chi connectivity index (χ1n) is 7.57. The summed E-state index contributed by atoms with van der Waals surface area (Å²) >= 11 is 0. The van der Waals surface area contributed by atoms with Crippen molar-refractivity contribution >= 4 is 23.6 Å². The van der Waals surface area contributed by atoms with E-state index >= 15 is 0 Å². The highest BCUT2D eigenvalue weighted by Crippen LogP contribution is 2.36. The zero-order valence-electron chi connectivity index (χ0n) is 13.0. The predicted octanol–water partition coefficient (Wildman–Crippen LogP) is -0.0359. The Kier molecular flexibility index (Phi) is 3.15. The number of carbonyl (C=O) groups is 2. The van der Waals surface area contributed by atoms with Gasteiger partial charge in [0.2, 0.25) is 5.91 Å². The minimum atomic E-state index is -0.456. The molecule has 0 radical (unpaired) electrons. The van der Waals surface area contributed by atoms with Gasteiger partial charge in [0.15, 0.2) is 11.6 Å². The summed E-state index contributed by atoms with van der Waals surface area (Å²) in [4.78, 5) is 29.7. The van der Waals surface area contributed by atoms with E-state index in [0.29, 0.717) is 30.1 Å². The second kappa shape index (κ2) is 5.22. The molecule has 0 bridgehead atoms. The zero-order valence-corrected chi connectivity index (χ0v) is 13.0. The smallest absolute Gasteiger partial charge is 0.407 e. The number of aromatic nitrogens is 2. The van der Waals surface area contributed by atoms with Crippen molar-refractivity contribution in [2.45, 2.75) is 12.6 Å². The van der Waals surface area contributed by atoms with Gasteiger partial charge in [-0.05, 0) is 18.2 Å². The number of nitrogens with zero attached hydrogens (tertiary/aromatic N) is 3. The summed E-state index contributed by atoms with van der Waals surface area (Å²) in [7, 11) is 1.52.